The van der Waals surface area contributed by atoms with Crippen LogP contribution in [0.15, 0.2) is 53.6 Å². The van der Waals surface area contributed by atoms with Crippen molar-refractivity contribution in [2.24, 2.45) is 11.0 Å². The first-order valence-corrected chi connectivity index (χ1v) is 9.55. The molecule has 6 heteroatoms. The van der Waals surface area contributed by atoms with Crippen molar-refractivity contribution in [3.8, 4) is 0 Å². The highest BCUT2D eigenvalue weighted by Crippen LogP contribution is 2.23. The van der Waals surface area contributed by atoms with Crippen molar-refractivity contribution in [2.45, 2.75) is 39.0 Å². The number of carbonyl (C=O) groups is 2. The summed E-state index contributed by atoms with van der Waals surface area (Å²) in [5.74, 6) is -1.09. The van der Waals surface area contributed by atoms with E-state index in [1.165, 1.54) is 24.6 Å². The topological polar surface area (TPSA) is 70.6 Å². The number of rotatable bonds is 5. The first-order chi connectivity index (χ1) is 13.5. The van der Waals surface area contributed by atoms with Crippen molar-refractivity contribution in [1.29, 1.82) is 0 Å². The molecule has 2 N–H and O–H groups in total. The largest absolute Gasteiger partial charge is 0.322 e. The first kappa shape index (κ1) is 19.7. The maximum atomic E-state index is 13.8. The van der Waals surface area contributed by atoms with Crippen LogP contribution < -0.4 is 10.7 Å². The third-order valence-electron chi connectivity index (χ3n) is 4.97. The molecule has 0 aliphatic heterocycles. The average Bonchev–Trinajstić information content (AvgIpc) is 2.72. The Morgan fingerprint density at radius 3 is 2.54 bits per heavy atom. The van der Waals surface area contributed by atoms with Crippen molar-refractivity contribution < 1.29 is 14.0 Å². The van der Waals surface area contributed by atoms with Crippen LogP contribution in [-0.4, -0.2) is 17.5 Å². The van der Waals surface area contributed by atoms with Crippen LogP contribution in [0.2, 0.25) is 0 Å². The third-order valence-corrected chi connectivity index (χ3v) is 4.97. The summed E-state index contributed by atoms with van der Waals surface area (Å²) in [6.07, 6.45) is 5.20. The highest BCUT2D eigenvalue weighted by Gasteiger charge is 2.20. The SMILES string of the molecule is C/C(=N\NC(=O)C1CCCCC1)c1cccc(NC(=O)c2ccccc2F)c1. The number of amides is 2. The zero-order valence-corrected chi connectivity index (χ0v) is 15.9. The van der Waals surface area contributed by atoms with Crippen LogP contribution >= 0.6 is 0 Å². The number of hydrogen-bond donors (Lipinski definition) is 2. The molecule has 1 aliphatic carbocycles. The molecule has 146 valence electrons. The van der Waals surface area contributed by atoms with Gasteiger partial charge in [-0.15, -0.1) is 0 Å². The first-order valence-electron chi connectivity index (χ1n) is 9.55. The molecule has 0 aromatic heterocycles. The van der Waals surface area contributed by atoms with Crippen LogP contribution in [0.3, 0.4) is 0 Å². The van der Waals surface area contributed by atoms with Gasteiger partial charge < -0.3 is 5.32 Å². The summed E-state index contributed by atoms with van der Waals surface area (Å²) >= 11 is 0. The van der Waals surface area contributed by atoms with Crippen LogP contribution in [0.4, 0.5) is 10.1 Å². The van der Waals surface area contributed by atoms with E-state index < -0.39 is 11.7 Å². The molecule has 0 unspecified atom stereocenters. The quantitative estimate of drug-likeness (QED) is 0.591. The van der Waals surface area contributed by atoms with Gasteiger partial charge in [-0.05, 0) is 49.6 Å². The molecule has 3 rings (SSSR count). The van der Waals surface area contributed by atoms with Crippen LogP contribution in [0.25, 0.3) is 0 Å². The Kier molecular flexibility index (Phi) is 6.53. The lowest BCUT2D eigenvalue weighted by molar-refractivity contribution is -0.125. The molecule has 2 aromatic rings. The highest BCUT2D eigenvalue weighted by atomic mass is 19.1. The number of hydrazone groups is 1. The minimum Gasteiger partial charge on any atom is -0.322 e. The molecular weight excluding hydrogens is 357 g/mol. The fraction of sp³-hybridized carbons (Fsp3) is 0.318. The van der Waals surface area contributed by atoms with E-state index >= 15 is 0 Å². The Bertz CT molecular complexity index is 889. The maximum absolute atomic E-state index is 13.8. The molecule has 0 atom stereocenters. The zero-order valence-electron chi connectivity index (χ0n) is 15.9. The van der Waals surface area contributed by atoms with Crippen LogP contribution in [0.5, 0.6) is 0 Å². The smallest absolute Gasteiger partial charge is 0.258 e. The molecule has 2 amide bonds. The average molecular weight is 381 g/mol. The van der Waals surface area contributed by atoms with Gasteiger partial charge in [0.2, 0.25) is 5.91 Å². The van der Waals surface area contributed by atoms with E-state index in [2.05, 4.69) is 15.8 Å². The molecule has 28 heavy (non-hydrogen) atoms. The van der Waals surface area contributed by atoms with Crippen LogP contribution in [0, 0.1) is 11.7 Å². The lowest BCUT2D eigenvalue weighted by Gasteiger charge is -2.19. The summed E-state index contributed by atoms with van der Waals surface area (Å²) in [6.45, 7) is 1.79. The van der Waals surface area contributed by atoms with Gasteiger partial charge in [0, 0.05) is 11.6 Å². The van der Waals surface area contributed by atoms with E-state index in [4.69, 9.17) is 0 Å². The summed E-state index contributed by atoms with van der Waals surface area (Å²) in [5.41, 5.74) is 4.56. The second-order valence-electron chi connectivity index (χ2n) is 7.02. The van der Waals surface area contributed by atoms with Gasteiger partial charge in [-0.3, -0.25) is 9.59 Å². The molecular formula is C22H24FN3O2. The van der Waals surface area contributed by atoms with E-state index in [9.17, 15) is 14.0 Å². The summed E-state index contributed by atoms with van der Waals surface area (Å²) in [5, 5.41) is 6.90. The van der Waals surface area contributed by atoms with Crippen molar-refractivity contribution in [2.75, 3.05) is 5.32 Å². The van der Waals surface area contributed by atoms with E-state index in [1.807, 2.05) is 6.07 Å². The zero-order chi connectivity index (χ0) is 19.9. The predicted molar refractivity (Wildman–Crippen MR) is 108 cm³/mol. The van der Waals surface area contributed by atoms with Gasteiger partial charge in [-0.1, -0.05) is 43.5 Å². The summed E-state index contributed by atoms with van der Waals surface area (Å²) in [4.78, 5) is 24.5. The normalized spacial score (nSPS) is 15.1. The Labute approximate surface area is 164 Å². The standard InChI is InChI=1S/C22H24FN3O2/c1-15(25-26-21(27)16-8-3-2-4-9-16)17-10-7-11-18(14-17)24-22(28)19-12-5-6-13-20(19)23/h5-7,10-14,16H,2-4,8-9H2,1H3,(H,24,28)(H,26,27)/b25-15+. The Balaban J connectivity index is 1.65. The second kappa shape index (κ2) is 9.26. The van der Waals surface area contributed by atoms with Crippen LogP contribution in [0.1, 0.15) is 54.9 Å². The number of nitrogens with one attached hydrogen (secondary N) is 2. The second-order valence-corrected chi connectivity index (χ2v) is 7.02. The molecule has 2 aromatic carbocycles. The molecule has 1 aliphatic rings. The number of anilines is 1. The lowest BCUT2D eigenvalue weighted by atomic mass is 9.89. The molecule has 0 heterocycles. The van der Waals surface area contributed by atoms with E-state index in [0.29, 0.717) is 11.4 Å². The van der Waals surface area contributed by atoms with Crippen LogP contribution in [-0.2, 0) is 4.79 Å². The molecule has 1 fully saturated rings. The van der Waals surface area contributed by atoms with Crippen molar-refractivity contribution in [3.63, 3.8) is 0 Å². The Hall–Kier alpha value is -3.02. The number of hydrogen-bond acceptors (Lipinski definition) is 3. The Morgan fingerprint density at radius 1 is 1.04 bits per heavy atom. The summed E-state index contributed by atoms with van der Waals surface area (Å²) in [6, 6.07) is 12.9. The molecule has 0 spiro atoms. The van der Waals surface area contributed by atoms with E-state index in [1.54, 1.807) is 31.2 Å². The van der Waals surface area contributed by atoms with Crippen molar-refractivity contribution >= 4 is 23.2 Å². The lowest BCUT2D eigenvalue weighted by Crippen LogP contribution is -2.29. The minimum atomic E-state index is -0.570. The van der Waals surface area contributed by atoms with Gasteiger partial charge in [0.05, 0.1) is 11.3 Å². The summed E-state index contributed by atoms with van der Waals surface area (Å²) < 4.78 is 13.8. The predicted octanol–water partition coefficient (Wildman–Crippen LogP) is 4.50. The van der Waals surface area contributed by atoms with Gasteiger partial charge in [-0.25, -0.2) is 9.82 Å². The van der Waals surface area contributed by atoms with Crippen molar-refractivity contribution in [1.82, 2.24) is 5.43 Å². The van der Waals surface area contributed by atoms with Gasteiger partial charge in [0.1, 0.15) is 5.82 Å². The third kappa shape index (κ3) is 5.03. The molecule has 1 saturated carbocycles. The van der Waals surface area contributed by atoms with Gasteiger partial charge in [-0.2, -0.15) is 5.10 Å². The number of nitrogens with zero attached hydrogens (tertiary/aromatic N) is 1. The highest BCUT2D eigenvalue weighted by molar-refractivity contribution is 6.05. The number of carbonyl (C=O) groups excluding carboxylic acids is 2. The fourth-order valence-electron chi connectivity index (χ4n) is 3.33. The van der Waals surface area contributed by atoms with Gasteiger partial charge >= 0.3 is 0 Å². The van der Waals surface area contributed by atoms with Gasteiger partial charge in [0.25, 0.3) is 5.91 Å². The molecule has 5 nitrogen and oxygen atoms in total. The van der Waals surface area contributed by atoms with Gasteiger partial charge in [0.15, 0.2) is 0 Å². The maximum Gasteiger partial charge on any atom is 0.258 e. The molecule has 0 radical (unpaired) electrons. The minimum absolute atomic E-state index is 0.0157. The Morgan fingerprint density at radius 2 is 1.79 bits per heavy atom. The van der Waals surface area contributed by atoms with E-state index in [-0.39, 0.29) is 17.4 Å². The number of halogens is 1. The molecule has 0 saturated heterocycles. The molecule has 0 bridgehead atoms. The van der Waals surface area contributed by atoms with E-state index in [0.717, 1.165) is 31.2 Å². The summed E-state index contributed by atoms with van der Waals surface area (Å²) in [7, 11) is 0. The number of benzene rings is 2. The van der Waals surface area contributed by atoms with Crippen molar-refractivity contribution in [3.05, 3.63) is 65.5 Å². The monoisotopic (exact) mass is 381 g/mol. The fourth-order valence-corrected chi connectivity index (χ4v) is 3.33.